The lowest BCUT2D eigenvalue weighted by Gasteiger charge is -2.31. The number of carbonyl (C=O) groups excluding carboxylic acids is 1. The Balaban J connectivity index is 1.48. The van der Waals surface area contributed by atoms with Gasteiger partial charge in [-0.3, -0.25) is 4.79 Å². The van der Waals surface area contributed by atoms with Crippen LogP contribution in [0.2, 0.25) is 0 Å². The van der Waals surface area contributed by atoms with Crippen LogP contribution in [0.5, 0.6) is 0 Å². The molecule has 1 saturated carbocycles. The zero-order chi connectivity index (χ0) is 21.1. The van der Waals surface area contributed by atoms with Crippen LogP contribution in [0.1, 0.15) is 46.5 Å². The van der Waals surface area contributed by atoms with E-state index in [0.717, 1.165) is 37.7 Å². The zero-order valence-electron chi connectivity index (χ0n) is 17.6. The van der Waals surface area contributed by atoms with Crippen LogP contribution in [0.4, 0.5) is 11.4 Å². The number of anilines is 2. The highest BCUT2D eigenvalue weighted by atomic mass is 32.2. The third kappa shape index (κ3) is 5.71. The van der Waals surface area contributed by atoms with Crippen LogP contribution < -0.4 is 14.9 Å². The Bertz CT molecular complexity index is 788. The molecule has 1 aromatic rings. The molecule has 2 fully saturated rings. The Morgan fingerprint density at radius 1 is 1.03 bits per heavy atom. The fourth-order valence-electron chi connectivity index (χ4n) is 3.69. The molecule has 162 valence electrons. The van der Waals surface area contributed by atoms with E-state index in [9.17, 15) is 13.2 Å². The lowest BCUT2D eigenvalue weighted by Crippen LogP contribution is -2.46. The molecule has 0 spiro atoms. The Morgan fingerprint density at radius 3 is 2.17 bits per heavy atom. The van der Waals surface area contributed by atoms with Crippen molar-refractivity contribution in [1.29, 1.82) is 0 Å². The second-order valence-corrected chi connectivity index (χ2v) is 11.4. The predicted molar refractivity (Wildman–Crippen MR) is 116 cm³/mol. The highest BCUT2D eigenvalue weighted by Crippen LogP contribution is 2.28. The third-order valence-corrected chi connectivity index (χ3v) is 7.99. The Morgan fingerprint density at radius 2 is 1.62 bits per heavy atom. The molecule has 7 nitrogen and oxygen atoms in total. The van der Waals surface area contributed by atoms with Crippen molar-refractivity contribution in [3.63, 3.8) is 0 Å². The summed E-state index contributed by atoms with van der Waals surface area (Å²) in [5, 5.41) is 3.01. The number of carbonyl (C=O) groups is 1. The van der Waals surface area contributed by atoms with Gasteiger partial charge in [0.25, 0.3) is 0 Å². The van der Waals surface area contributed by atoms with Crippen molar-refractivity contribution >= 4 is 27.3 Å². The van der Waals surface area contributed by atoms with E-state index >= 15 is 0 Å². The predicted octanol–water partition coefficient (Wildman–Crippen LogP) is 2.74. The van der Waals surface area contributed by atoms with Gasteiger partial charge in [-0.2, -0.15) is 0 Å². The molecule has 1 heterocycles. The van der Waals surface area contributed by atoms with Crippen LogP contribution in [-0.4, -0.2) is 51.4 Å². The number of ether oxygens (including phenoxy) is 1. The smallest absolute Gasteiger partial charge is 0.227 e. The van der Waals surface area contributed by atoms with Gasteiger partial charge in [0.1, 0.15) is 0 Å². The van der Waals surface area contributed by atoms with Gasteiger partial charge in [-0.05, 0) is 70.7 Å². The van der Waals surface area contributed by atoms with Crippen molar-refractivity contribution in [3.05, 3.63) is 24.3 Å². The van der Waals surface area contributed by atoms with Crippen LogP contribution in [0.25, 0.3) is 0 Å². The molecule has 3 rings (SSSR count). The molecule has 0 unspecified atom stereocenters. The van der Waals surface area contributed by atoms with Gasteiger partial charge in [-0.1, -0.05) is 0 Å². The van der Waals surface area contributed by atoms with Crippen molar-refractivity contribution in [1.82, 2.24) is 4.72 Å². The van der Waals surface area contributed by atoms with E-state index in [-0.39, 0.29) is 17.9 Å². The molecule has 8 heteroatoms. The average molecular weight is 424 g/mol. The first-order chi connectivity index (χ1) is 13.7. The summed E-state index contributed by atoms with van der Waals surface area (Å²) in [5.74, 6) is -0.0643. The zero-order valence-corrected chi connectivity index (χ0v) is 18.4. The first-order valence-corrected chi connectivity index (χ1v) is 11.9. The normalized spacial score (nSPS) is 23.6. The number of morpholine rings is 1. The van der Waals surface area contributed by atoms with E-state index in [1.54, 1.807) is 20.8 Å². The van der Waals surface area contributed by atoms with E-state index in [0.29, 0.717) is 25.7 Å². The van der Waals surface area contributed by atoms with E-state index in [1.165, 1.54) is 0 Å². The summed E-state index contributed by atoms with van der Waals surface area (Å²) in [7, 11) is -3.36. The van der Waals surface area contributed by atoms with Crippen LogP contribution in [0.3, 0.4) is 0 Å². The minimum absolute atomic E-state index is 0.0150. The molecule has 2 aliphatic rings. The number of hydrogen-bond donors (Lipinski definition) is 2. The summed E-state index contributed by atoms with van der Waals surface area (Å²) in [6, 6.07) is 7.84. The Labute approximate surface area is 174 Å². The van der Waals surface area contributed by atoms with Gasteiger partial charge in [0.05, 0.1) is 18.0 Å². The van der Waals surface area contributed by atoms with Crippen molar-refractivity contribution in [2.45, 2.75) is 57.2 Å². The summed E-state index contributed by atoms with van der Waals surface area (Å²) in [5.41, 5.74) is 1.93. The van der Waals surface area contributed by atoms with Gasteiger partial charge in [-0.15, -0.1) is 0 Å². The van der Waals surface area contributed by atoms with Crippen molar-refractivity contribution in [2.24, 2.45) is 5.92 Å². The van der Waals surface area contributed by atoms with E-state index in [1.807, 2.05) is 24.3 Å². The number of amides is 1. The molecule has 0 atom stereocenters. The molecule has 1 aliphatic carbocycles. The Kier molecular flexibility index (Phi) is 6.86. The van der Waals surface area contributed by atoms with E-state index in [4.69, 9.17) is 4.74 Å². The van der Waals surface area contributed by atoms with Gasteiger partial charge in [0, 0.05) is 36.4 Å². The highest BCUT2D eigenvalue weighted by Gasteiger charge is 2.34. The van der Waals surface area contributed by atoms with Crippen LogP contribution >= 0.6 is 0 Å². The number of benzene rings is 1. The van der Waals surface area contributed by atoms with E-state index < -0.39 is 14.8 Å². The highest BCUT2D eigenvalue weighted by molar-refractivity contribution is 7.90. The summed E-state index contributed by atoms with van der Waals surface area (Å²) in [4.78, 5) is 14.9. The van der Waals surface area contributed by atoms with Crippen LogP contribution in [0.15, 0.2) is 24.3 Å². The van der Waals surface area contributed by atoms with Gasteiger partial charge in [-0.25, -0.2) is 13.1 Å². The topological polar surface area (TPSA) is 87.7 Å². The van der Waals surface area contributed by atoms with Gasteiger partial charge >= 0.3 is 0 Å². The minimum Gasteiger partial charge on any atom is -0.378 e. The van der Waals surface area contributed by atoms with Gasteiger partial charge < -0.3 is 15.0 Å². The first-order valence-electron chi connectivity index (χ1n) is 10.4. The largest absolute Gasteiger partial charge is 0.378 e. The van der Waals surface area contributed by atoms with Crippen molar-refractivity contribution in [2.75, 3.05) is 36.5 Å². The molecule has 0 radical (unpaired) electrons. The molecule has 1 aliphatic heterocycles. The SMILES string of the molecule is CC(C)(C)S(=O)(=O)N[C@H]1CC[C@H](C(=O)Nc2ccc(N3CCOCC3)cc2)CC1. The van der Waals surface area contributed by atoms with Gasteiger partial charge in [0.2, 0.25) is 15.9 Å². The number of rotatable bonds is 5. The summed E-state index contributed by atoms with van der Waals surface area (Å²) in [6.07, 6.45) is 2.75. The molecule has 1 aromatic carbocycles. The number of hydrogen-bond acceptors (Lipinski definition) is 5. The lowest BCUT2D eigenvalue weighted by atomic mass is 9.86. The summed E-state index contributed by atoms with van der Waals surface area (Å²) in [6.45, 7) is 8.33. The van der Waals surface area contributed by atoms with Crippen LogP contribution in [-0.2, 0) is 19.6 Å². The monoisotopic (exact) mass is 423 g/mol. The summed E-state index contributed by atoms with van der Waals surface area (Å²) >= 11 is 0. The van der Waals surface area contributed by atoms with E-state index in [2.05, 4.69) is 14.9 Å². The number of nitrogens with one attached hydrogen (secondary N) is 2. The minimum atomic E-state index is -3.36. The molecule has 1 saturated heterocycles. The molecule has 1 amide bonds. The van der Waals surface area contributed by atoms with Crippen molar-refractivity contribution < 1.29 is 17.9 Å². The fourth-order valence-corrected chi connectivity index (χ4v) is 4.72. The first kappa shape index (κ1) is 22.1. The summed E-state index contributed by atoms with van der Waals surface area (Å²) < 4.78 is 32.0. The average Bonchev–Trinajstić information content (AvgIpc) is 2.68. The molecule has 29 heavy (non-hydrogen) atoms. The maximum absolute atomic E-state index is 12.6. The maximum atomic E-state index is 12.6. The van der Waals surface area contributed by atoms with Crippen LogP contribution in [0, 0.1) is 5.92 Å². The standard InChI is InChI=1S/C21H33N3O4S/c1-21(2,3)29(26,27)23-18-6-4-16(5-7-18)20(25)22-17-8-10-19(11-9-17)24-12-14-28-15-13-24/h8-11,16,18,23H,4-7,12-15H2,1-3H3,(H,22,25)/t16-,18-. The fraction of sp³-hybridized carbons (Fsp3) is 0.667. The Hall–Kier alpha value is -1.64. The van der Waals surface area contributed by atoms with Crippen molar-refractivity contribution in [3.8, 4) is 0 Å². The molecule has 0 aromatic heterocycles. The molecular formula is C21H33N3O4S. The number of sulfonamides is 1. The second-order valence-electron chi connectivity index (χ2n) is 8.92. The third-order valence-electron chi connectivity index (χ3n) is 5.74. The van der Waals surface area contributed by atoms with Gasteiger partial charge in [0.15, 0.2) is 0 Å². The quantitative estimate of drug-likeness (QED) is 0.760. The maximum Gasteiger partial charge on any atom is 0.227 e. The molecule has 0 bridgehead atoms. The second kappa shape index (κ2) is 9.02. The number of nitrogens with zero attached hydrogens (tertiary/aromatic N) is 1. The molecule has 2 N–H and O–H groups in total. The molecular weight excluding hydrogens is 390 g/mol. The lowest BCUT2D eigenvalue weighted by molar-refractivity contribution is -0.120.